The van der Waals surface area contributed by atoms with E-state index in [1.165, 1.54) is 51.9 Å². The summed E-state index contributed by atoms with van der Waals surface area (Å²) >= 11 is 0. The maximum atomic E-state index is 3.58. The van der Waals surface area contributed by atoms with Gasteiger partial charge in [0.25, 0.3) is 0 Å². The average molecular weight is 237 g/mol. The van der Waals surface area contributed by atoms with Crippen LogP contribution in [0.4, 0.5) is 0 Å². The van der Waals surface area contributed by atoms with E-state index in [1.807, 2.05) is 0 Å². The minimum Gasteiger partial charge on any atom is -0.314 e. The molecule has 0 aromatic rings. The van der Waals surface area contributed by atoms with Crippen molar-refractivity contribution in [3.05, 3.63) is 0 Å². The quantitative estimate of drug-likeness (QED) is 0.777. The minimum absolute atomic E-state index is 0.730. The van der Waals surface area contributed by atoms with E-state index in [9.17, 15) is 0 Å². The Bertz CT molecular complexity index is 268. The van der Waals surface area contributed by atoms with Crippen LogP contribution in [0.15, 0.2) is 0 Å². The normalized spacial score (nSPS) is 44.1. The molecule has 3 heterocycles. The van der Waals surface area contributed by atoms with Crippen LogP contribution in [-0.4, -0.2) is 61.2 Å². The first-order valence-electron chi connectivity index (χ1n) is 7.41. The van der Waals surface area contributed by atoms with Crippen LogP contribution >= 0.6 is 0 Å². The average Bonchev–Trinajstić information content (AvgIpc) is 2.78. The molecule has 1 N–H and O–H groups in total. The third kappa shape index (κ3) is 2.38. The van der Waals surface area contributed by atoms with Crippen molar-refractivity contribution in [2.75, 3.05) is 33.2 Å². The fraction of sp³-hybridized carbons (Fsp3) is 1.00. The van der Waals surface area contributed by atoms with E-state index in [0.29, 0.717) is 0 Å². The van der Waals surface area contributed by atoms with E-state index in [-0.39, 0.29) is 0 Å². The van der Waals surface area contributed by atoms with E-state index >= 15 is 0 Å². The summed E-state index contributed by atoms with van der Waals surface area (Å²) in [4.78, 5) is 5.39. The third-order valence-corrected chi connectivity index (χ3v) is 5.41. The lowest BCUT2D eigenvalue weighted by Gasteiger charge is -2.29. The minimum atomic E-state index is 0.730. The Morgan fingerprint density at radius 1 is 1.12 bits per heavy atom. The first kappa shape index (κ1) is 11.9. The van der Waals surface area contributed by atoms with E-state index < -0.39 is 0 Å². The van der Waals surface area contributed by atoms with Crippen LogP contribution < -0.4 is 5.32 Å². The maximum absolute atomic E-state index is 3.58. The summed E-state index contributed by atoms with van der Waals surface area (Å²) in [6.45, 7) is 7.55. The molecule has 17 heavy (non-hydrogen) atoms. The maximum Gasteiger partial charge on any atom is 0.0223 e. The van der Waals surface area contributed by atoms with Crippen molar-refractivity contribution in [3.8, 4) is 0 Å². The Kier molecular flexibility index (Phi) is 3.42. The van der Waals surface area contributed by atoms with E-state index in [1.54, 1.807) is 0 Å². The molecule has 0 spiro atoms. The molecule has 0 aliphatic carbocycles. The van der Waals surface area contributed by atoms with E-state index in [0.717, 1.165) is 24.0 Å². The second kappa shape index (κ2) is 4.87. The highest BCUT2D eigenvalue weighted by molar-refractivity contribution is 4.92. The molecule has 3 aliphatic rings. The van der Waals surface area contributed by atoms with Crippen LogP contribution in [0.2, 0.25) is 0 Å². The molecule has 4 unspecified atom stereocenters. The van der Waals surface area contributed by atoms with Crippen molar-refractivity contribution in [1.29, 1.82) is 0 Å². The standard InChI is InChI=1S/C14H27N3/c1-11-12(5-7-15-11)9-17-8-6-13-3-4-14(10-17)16(13)2/h11-15H,3-10H2,1-2H3. The summed E-state index contributed by atoms with van der Waals surface area (Å²) in [6.07, 6.45) is 5.63. The molecule has 3 heteroatoms. The molecule has 0 saturated carbocycles. The highest BCUT2D eigenvalue weighted by atomic mass is 15.3. The number of nitrogens with one attached hydrogen (secondary N) is 1. The third-order valence-electron chi connectivity index (χ3n) is 5.41. The molecule has 3 nitrogen and oxygen atoms in total. The van der Waals surface area contributed by atoms with Crippen LogP contribution in [0.1, 0.15) is 32.6 Å². The van der Waals surface area contributed by atoms with Crippen LogP contribution in [0.3, 0.4) is 0 Å². The highest BCUT2D eigenvalue weighted by Gasteiger charge is 2.35. The van der Waals surface area contributed by atoms with Crippen LogP contribution in [-0.2, 0) is 0 Å². The van der Waals surface area contributed by atoms with Gasteiger partial charge in [0.15, 0.2) is 0 Å². The van der Waals surface area contributed by atoms with Gasteiger partial charge in [-0.1, -0.05) is 0 Å². The zero-order valence-electron chi connectivity index (χ0n) is 11.4. The molecular formula is C14H27N3. The lowest BCUT2D eigenvalue weighted by Crippen LogP contribution is -2.40. The molecule has 0 aromatic heterocycles. The van der Waals surface area contributed by atoms with Gasteiger partial charge in [0.05, 0.1) is 0 Å². The van der Waals surface area contributed by atoms with Crippen LogP contribution in [0, 0.1) is 5.92 Å². The molecule has 0 radical (unpaired) electrons. The summed E-state index contributed by atoms with van der Waals surface area (Å²) in [6, 6.07) is 2.45. The number of fused-ring (bicyclic) bond motifs is 2. The number of likely N-dealkylation sites (tertiary alicyclic amines) is 1. The summed E-state index contributed by atoms with van der Waals surface area (Å²) in [5, 5.41) is 3.58. The summed E-state index contributed by atoms with van der Waals surface area (Å²) in [5.74, 6) is 0.886. The summed E-state index contributed by atoms with van der Waals surface area (Å²) in [7, 11) is 2.34. The van der Waals surface area contributed by atoms with E-state index in [4.69, 9.17) is 0 Å². The molecule has 3 aliphatic heterocycles. The monoisotopic (exact) mass is 237 g/mol. The molecule has 2 bridgehead atoms. The molecule has 3 fully saturated rings. The van der Waals surface area contributed by atoms with Crippen LogP contribution in [0.25, 0.3) is 0 Å². The SMILES string of the molecule is CC1NCCC1CN1CCC2CCC(C1)N2C. The zero-order valence-corrected chi connectivity index (χ0v) is 11.4. The fourth-order valence-corrected chi connectivity index (χ4v) is 4.04. The number of hydrogen-bond acceptors (Lipinski definition) is 3. The summed E-state index contributed by atoms with van der Waals surface area (Å²) < 4.78 is 0. The second-order valence-electron chi connectivity index (χ2n) is 6.39. The van der Waals surface area contributed by atoms with Crippen LogP contribution in [0.5, 0.6) is 0 Å². The topological polar surface area (TPSA) is 18.5 Å². The molecular weight excluding hydrogens is 210 g/mol. The van der Waals surface area contributed by atoms with Crippen molar-refractivity contribution in [2.24, 2.45) is 5.92 Å². The molecule has 3 saturated heterocycles. The molecule has 3 rings (SSSR count). The number of nitrogens with zero attached hydrogens (tertiary/aromatic N) is 2. The van der Waals surface area contributed by atoms with Crippen molar-refractivity contribution in [2.45, 2.75) is 50.7 Å². The van der Waals surface area contributed by atoms with Crippen molar-refractivity contribution < 1.29 is 0 Å². The molecule has 4 atom stereocenters. The lowest BCUT2D eigenvalue weighted by atomic mass is 10.00. The number of hydrogen-bond donors (Lipinski definition) is 1. The van der Waals surface area contributed by atoms with Gasteiger partial charge in [-0.15, -0.1) is 0 Å². The zero-order chi connectivity index (χ0) is 11.8. The van der Waals surface area contributed by atoms with E-state index in [2.05, 4.69) is 29.1 Å². The smallest absolute Gasteiger partial charge is 0.0223 e. The van der Waals surface area contributed by atoms with Gasteiger partial charge in [-0.25, -0.2) is 0 Å². The van der Waals surface area contributed by atoms with Crippen molar-refractivity contribution in [3.63, 3.8) is 0 Å². The number of likely N-dealkylation sites (N-methyl/N-ethyl adjacent to an activating group) is 1. The van der Waals surface area contributed by atoms with Gasteiger partial charge in [-0.2, -0.15) is 0 Å². The van der Waals surface area contributed by atoms with Gasteiger partial charge in [0, 0.05) is 31.2 Å². The fourth-order valence-electron chi connectivity index (χ4n) is 4.04. The Labute approximate surface area is 106 Å². The molecule has 0 aromatic carbocycles. The Balaban J connectivity index is 1.58. The molecule has 0 amide bonds. The first-order chi connectivity index (χ1) is 8.24. The van der Waals surface area contributed by atoms with Gasteiger partial charge in [-0.3, -0.25) is 4.90 Å². The van der Waals surface area contributed by atoms with Gasteiger partial charge >= 0.3 is 0 Å². The van der Waals surface area contributed by atoms with Gasteiger partial charge in [-0.05, 0) is 58.7 Å². The van der Waals surface area contributed by atoms with Gasteiger partial charge in [0.2, 0.25) is 0 Å². The Morgan fingerprint density at radius 3 is 2.71 bits per heavy atom. The second-order valence-corrected chi connectivity index (χ2v) is 6.39. The summed E-state index contributed by atoms with van der Waals surface area (Å²) in [5.41, 5.74) is 0. The van der Waals surface area contributed by atoms with Crippen molar-refractivity contribution in [1.82, 2.24) is 15.1 Å². The molecule has 98 valence electrons. The Hall–Kier alpha value is -0.120. The largest absolute Gasteiger partial charge is 0.314 e. The lowest BCUT2D eigenvalue weighted by molar-refractivity contribution is 0.194. The highest BCUT2D eigenvalue weighted by Crippen LogP contribution is 2.29. The van der Waals surface area contributed by atoms with Gasteiger partial charge in [0.1, 0.15) is 0 Å². The predicted molar refractivity (Wildman–Crippen MR) is 71.2 cm³/mol. The van der Waals surface area contributed by atoms with Gasteiger partial charge < -0.3 is 10.2 Å². The Morgan fingerprint density at radius 2 is 1.94 bits per heavy atom. The van der Waals surface area contributed by atoms with Crippen molar-refractivity contribution >= 4 is 0 Å². The predicted octanol–water partition coefficient (Wildman–Crippen LogP) is 1.15. The first-order valence-corrected chi connectivity index (χ1v) is 7.41. The number of rotatable bonds is 2.